The van der Waals surface area contributed by atoms with Gasteiger partial charge < -0.3 is 19.9 Å². The molecule has 4 heteroatoms. The fourth-order valence-corrected chi connectivity index (χ4v) is 1.84. The molecule has 106 valence electrons. The smallest absolute Gasteiger partial charge is 0.127 e. The Bertz CT molecular complexity index is 552. The predicted molar refractivity (Wildman–Crippen MR) is 79.3 cm³/mol. The van der Waals surface area contributed by atoms with E-state index in [1.54, 1.807) is 13.2 Å². The lowest BCUT2D eigenvalue weighted by Gasteiger charge is -2.11. The van der Waals surface area contributed by atoms with Crippen molar-refractivity contribution in [3.05, 3.63) is 48.0 Å². The normalized spacial score (nSPS) is 10.1. The van der Waals surface area contributed by atoms with Crippen molar-refractivity contribution in [3.8, 4) is 17.2 Å². The summed E-state index contributed by atoms with van der Waals surface area (Å²) in [5.41, 5.74) is 7.35. The molecule has 0 unspecified atom stereocenters. The molecule has 0 aliphatic heterocycles. The molecule has 0 saturated heterocycles. The third-order valence-electron chi connectivity index (χ3n) is 2.84. The lowest BCUT2D eigenvalue weighted by Crippen LogP contribution is -2.00. The van der Waals surface area contributed by atoms with E-state index in [-0.39, 0.29) is 0 Å². The lowest BCUT2D eigenvalue weighted by molar-refractivity contribution is 0.295. The molecule has 0 heterocycles. The zero-order valence-electron chi connectivity index (χ0n) is 11.8. The van der Waals surface area contributed by atoms with E-state index in [2.05, 4.69) is 0 Å². The largest absolute Gasteiger partial charge is 0.496 e. The van der Waals surface area contributed by atoms with Crippen LogP contribution in [0.2, 0.25) is 0 Å². The van der Waals surface area contributed by atoms with Crippen molar-refractivity contribution in [1.82, 2.24) is 0 Å². The Morgan fingerprint density at radius 2 is 1.60 bits per heavy atom. The van der Waals surface area contributed by atoms with Gasteiger partial charge in [-0.25, -0.2) is 0 Å². The molecule has 2 rings (SSSR count). The van der Waals surface area contributed by atoms with E-state index >= 15 is 0 Å². The minimum absolute atomic E-state index is 0.428. The van der Waals surface area contributed by atoms with Crippen LogP contribution in [-0.4, -0.2) is 13.7 Å². The molecule has 0 aromatic heterocycles. The number of hydrogen-bond acceptors (Lipinski definition) is 4. The minimum Gasteiger partial charge on any atom is -0.496 e. The number of benzene rings is 2. The summed E-state index contributed by atoms with van der Waals surface area (Å²) in [5, 5.41) is 0. The number of rotatable bonds is 6. The Balaban J connectivity index is 2.01. The third kappa shape index (κ3) is 3.57. The fraction of sp³-hybridized carbons (Fsp3) is 0.250. The zero-order valence-corrected chi connectivity index (χ0v) is 11.8. The van der Waals surface area contributed by atoms with Crippen molar-refractivity contribution in [2.24, 2.45) is 0 Å². The van der Waals surface area contributed by atoms with Crippen LogP contribution in [0.1, 0.15) is 12.5 Å². The van der Waals surface area contributed by atoms with E-state index in [1.165, 1.54) is 0 Å². The Hall–Kier alpha value is -2.36. The van der Waals surface area contributed by atoms with Crippen LogP contribution in [0.25, 0.3) is 0 Å². The topological polar surface area (TPSA) is 53.7 Å². The summed E-state index contributed by atoms with van der Waals surface area (Å²) >= 11 is 0. The van der Waals surface area contributed by atoms with E-state index in [1.807, 2.05) is 43.3 Å². The van der Waals surface area contributed by atoms with Gasteiger partial charge in [0.25, 0.3) is 0 Å². The van der Waals surface area contributed by atoms with Crippen LogP contribution in [0.5, 0.6) is 17.2 Å². The predicted octanol–water partition coefficient (Wildman–Crippen LogP) is 3.26. The minimum atomic E-state index is 0.428. The Morgan fingerprint density at radius 3 is 2.20 bits per heavy atom. The molecule has 0 aliphatic rings. The van der Waals surface area contributed by atoms with Crippen LogP contribution in [0.15, 0.2) is 42.5 Å². The summed E-state index contributed by atoms with van der Waals surface area (Å²) < 4.78 is 16.4. The molecule has 20 heavy (non-hydrogen) atoms. The number of hydrogen-bond donors (Lipinski definition) is 1. The third-order valence-corrected chi connectivity index (χ3v) is 2.84. The number of ether oxygens (including phenoxy) is 3. The standard InChI is InChI=1S/C16H19NO3/c1-3-19-14-6-8-15(9-7-14)20-11-12-4-5-13(17)10-16(12)18-2/h4-10H,3,11,17H2,1-2H3. The molecule has 2 aromatic rings. The van der Waals surface area contributed by atoms with Crippen molar-refractivity contribution in [2.45, 2.75) is 13.5 Å². The van der Waals surface area contributed by atoms with E-state index in [0.29, 0.717) is 18.9 Å². The van der Waals surface area contributed by atoms with Gasteiger partial charge in [-0.05, 0) is 43.3 Å². The van der Waals surface area contributed by atoms with Gasteiger partial charge in [-0.1, -0.05) is 0 Å². The Kier molecular flexibility index (Phi) is 4.71. The monoisotopic (exact) mass is 273 g/mol. The molecule has 0 radical (unpaired) electrons. The summed E-state index contributed by atoms with van der Waals surface area (Å²) in [6, 6.07) is 13.1. The van der Waals surface area contributed by atoms with Gasteiger partial charge in [0.15, 0.2) is 0 Å². The molecular weight excluding hydrogens is 254 g/mol. The molecule has 0 aliphatic carbocycles. The summed E-state index contributed by atoms with van der Waals surface area (Å²) in [4.78, 5) is 0. The number of anilines is 1. The second-order valence-corrected chi connectivity index (χ2v) is 4.26. The highest BCUT2D eigenvalue weighted by Gasteiger charge is 2.04. The average molecular weight is 273 g/mol. The van der Waals surface area contributed by atoms with Crippen molar-refractivity contribution in [1.29, 1.82) is 0 Å². The van der Waals surface area contributed by atoms with Crippen LogP contribution in [-0.2, 0) is 6.61 Å². The first-order valence-electron chi connectivity index (χ1n) is 6.51. The van der Waals surface area contributed by atoms with Crippen molar-refractivity contribution in [2.75, 3.05) is 19.5 Å². The first-order valence-corrected chi connectivity index (χ1v) is 6.51. The summed E-state index contributed by atoms with van der Waals surface area (Å²) in [7, 11) is 1.62. The highest BCUT2D eigenvalue weighted by Crippen LogP contribution is 2.24. The lowest BCUT2D eigenvalue weighted by atomic mass is 10.2. The van der Waals surface area contributed by atoms with E-state index in [0.717, 1.165) is 22.8 Å². The van der Waals surface area contributed by atoms with E-state index in [9.17, 15) is 0 Å². The van der Waals surface area contributed by atoms with Crippen LogP contribution in [0.4, 0.5) is 5.69 Å². The molecule has 0 amide bonds. The summed E-state index contributed by atoms with van der Waals surface area (Å²) in [5.74, 6) is 2.35. The van der Waals surface area contributed by atoms with Gasteiger partial charge in [-0.15, -0.1) is 0 Å². The van der Waals surface area contributed by atoms with Gasteiger partial charge in [0.05, 0.1) is 13.7 Å². The van der Waals surface area contributed by atoms with Crippen LogP contribution >= 0.6 is 0 Å². The highest BCUT2D eigenvalue weighted by molar-refractivity contribution is 5.48. The maximum Gasteiger partial charge on any atom is 0.127 e. The van der Waals surface area contributed by atoms with Gasteiger partial charge in [0.2, 0.25) is 0 Å². The SMILES string of the molecule is CCOc1ccc(OCc2ccc(N)cc2OC)cc1. The highest BCUT2D eigenvalue weighted by atomic mass is 16.5. The van der Waals surface area contributed by atoms with Crippen LogP contribution in [0, 0.1) is 0 Å². The Labute approximate surface area is 119 Å². The quantitative estimate of drug-likeness (QED) is 0.821. The van der Waals surface area contributed by atoms with Crippen molar-refractivity contribution >= 4 is 5.69 Å². The fourth-order valence-electron chi connectivity index (χ4n) is 1.84. The molecule has 0 fully saturated rings. The molecule has 0 atom stereocenters. The first kappa shape index (κ1) is 14.1. The first-order chi connectivity index (χ1) is 9.72. The molecule has 4 nitrogen and oxygen atoms in total. The van der Waals surface area contributed by atoms with E-state index in [4.69, 9.17) is 19.9 Å². The molecule has 2 N–H and O–H groups in total. The maximum absolute atomic E-state index is 5.73. The molecule has 0 saturated carbocycles. The van der Waals surface area contributed by atoms with Gasteiger partial charge in [-0.2, -0.15) is 0 Å². The second kappa shape index (κ2) is 6.70. The van der Waals surface area contributed by atoms with Gasteiger partial charge in [0.1, 0.15) is 23.9 Å². The average Bonchev–Trinajstić information content (AvgIpc) is 2.47. The van der Waals surface area contributed by atoms with Gasteiger partial charge >= 0.3 is 0 Å². The number of methoxy groups -OCH3 is 1. The molecule has 0 spiro atoms. The maximum atomic E-state index is 5.73. The summed E-state index contributed by atoms with van der Waals surface area (Å²) in [6.45, 7) is 3.04. The molecule has 0 bridgehead atoms. The van der Waals surface area contributed by atoms with E-state index < -0.39 is 0 Å². The Morgan fingerprint density at radius 1 is 0.950 bits per heavy atom. The van der Waals surface area contributed by atoms with Crippen molar-refractivity contribution in [3.63, 3.8) is 0 Å². The zero-order chi connectivity index (χ0) is 14.4. The van der Waals surface area contributed by atoms with Gasteiger partial charge in [-0.3, -0.25) is 0 Å². The number of nitrogen functional groups attached to an aromatic ring is 1. The van der Waals surface area contributed by atoms with Crippen molar-refractivity contribution < 1.29 is 14.2 Å². The molecular formula is C16H19NO3. The summed E-state index contributed by atoms with van der Waals surface area (Å²) in [6.07, 6.45) is 0. The molecule has 2 aromatic carbocycles. The van der Waals surface area contributed by atoms with Crippen LogP contribution in [0.3, 0.4) is 0 Å². The van der Waals surface area contributed by atoms with Crippen LogP contribution < -0.4 is 19.9 Å². The number of nitrogens with two attached hydrogens (primary N) is 1. The van der Waals surface area contributed by atoms with Gasteiger partial charge in [0, 0.05) is 17.3 Å². The second-order valence-electron chi connectivity index (χ2n) is 4.26.